The fourth-order valence-corrected chi connectivity index (χ4v) is 5.25. The van der Waals surface area contributed by atoms with Gasteiger partial charge < -0.3 is 14.0 Å². The molecule has 6 rings (SSSR count). The van der Waals surface area contributed by atoms with Gasteiger partial charge in [0.2, 0.25) is 5.88 Å². The predicted octanol–water partition coefficient (Wildman–Crippen LogP) is 3.76. The number of methoxy groups -OCH3 is 1. The smallest absolute Gasteiger partial charge is 0.288 e. The van der Waals surface area contributed by atoms with Crippen molar-refractivity contribution in [1.82, 2.24) is 29.0 Å². The van der Waals surface area contributed by atoms with E-state index >= 15 is 8.78 Å². The van der Waals surface area contributed by atoms with Crippen LogP contribution in [0, 0.1) is 18.6 Å². The number of aryl methyl sites for hydroxylation is 2. The van der Waals surface area contributed by atoms with E-state index in [1.54, 1.807) is 11.8 Å². The zero-order chi connectivity index (χ0) is 28.2. The number of fused-ring (bicyclic) bond motifs is 2. The minimum Gasteiger partial charge on any atom is -0.479 e. The first-order valence-corrected chi connectivity index (χ1v) is 12.7. The van der Waals surface area contributed by atoms with Gasteiger partial charge in [-0.25, -0.2) is 36.9 Å². The van der Waals surface area contributed by atoms with Gasteiger partial charge in [0.15, 0.2) is 17.7 Å². The summed E-state index contributed by atoms with van der Waals surface area (Å²) in [5.41, 5.74) is 2.83. The van der Waals surface area contributed by atoms with E-state index in [2.05, 4.69) is 20.5 Å². The van der Waals surface area contributed by atoms with Crippen LogP contribution in [0.5, 0.6) is 5.88 Å². The Morgan fingerprint density at radius 3 is 2.65 bits per heavy atom. The van der Waals surface area contributed by atoms with Gasteiger partial charge in [0.1, 0.15) is 23.5 Å². The summed E-state index contributed by atoms with van der Waals surface area (Å²) in [6.07, 6.45) is -0.357. The van der Waals surface area contributed by atoms with Gasteiger partial charge in [0.05, 0.1) is 56.7 Å². The maximum Gasteiger partial charge on any atom is 0.288 e. The Morgan fingerprint density at radius 1 is 1.18 bits per heavy atom. The summed E-state index contributed by atoms with van der Waals surface area (Å²) in [7, 11) is 1.29. The quantitative estimate of drug-likeness (QED) is 0.254. The Bertz CT molecular complexity index is 1570. The normalized spacial score (nSPS) is 19.8. The SMILES string of the molecule is COc1nc(NO[C@@H]2CCN(C3COC3)CC2(F)F)nn2cc(F)c(-c3cc(F)c4nc(C)n(CCF)c4c3)c12. The van der Waals surface area contributed by atoms with Gasteiger partial charge in [0.25, 0.3) is 11.9 Å². The number of halogens is 5. The van der Waals surface area contributed by atoms with Gasteiger partial charge >= 0.3 is 0 Å². The van der Waals surface area contributed by atoms with Crippen molar-refractivity contribution < 1.29 is 36.3 Å². The molecule has 0 amide bonds. The lowest BCUT2D eigenvalue weighted by atomic mass is 10.0. The molecule has 0 aliphatic carbocycles. The highest BCUT2D eigenvalue weighted by atomic mass is 19.3. The Balaban J connectivity index is 1.30. The van der Waals surface area contributed by atoms with Crippen molar-refractivity contribution in [2.24, 2.45) is 0 Å². The molecule has 15 heteroatoms. The van der Waals surface area contributed by atoms with E-state index in [9.17, 15) is 13.2 Å². The van der Waals surface area contributed by atoms with Crippen LogP contribution < -0.4 is 10.2 Å². The highest BCUT2D eigenvalue weighted by Crippen LogP contribution is 2.37. The summed E-state index contributed by atoms with van der Waals surface area (Å²) in [5, 5.41) is 4.14. The summed E-state index contributed by atoms with van der Waals surface area (Å²) in [5.74, 6) is -4.56. The molecule has 0 spiro atoms. The molecule has 1 N–H and O–H groups in total. The molecule has 0 radical (unpaired) electrons. The first kappa shape index (κ1) is 26.7. The number of hydrogen-bond donors (Lipinski definition) is 1. The lowest BCUT2D eigenvalue weighted by Gasteiger charge is -2.44. The molecule has 214 valence electrons. The number of anilines is 1. The Hall–Kier alpha value is -3.56. The molecule has 2 fully saturated rings. The van der Waals surface area contributed by atoms with Crippen molar-refractivity contribution in [2.45, 2.75) is 38.0 Å². The van der Waals surface area contributed by atoms with Gasteiger partial charge in [-0.1, -0.05) is 0 Å². The number of benzene rings is 1. The highest BCUT2D eigenvalue weighted by Gasteiger charge is 2.48. The summed E-state index contributed by atoms with van der Waals surface area (Å²) in [4.78, 5) is 15.3. The standard InChI is InChI=1S/C25H26F5N7O3/c1-13-31-21-16(27)7-14(8-18(21)36(13)6-4-26)20-17(28)9-37-22(20)23(38-2)32-24(33-37)34-40-19-3-5-35(12-25(19,29)30)15-10-39-11-15/h7-9,15,19H,3-6,10-12H2,1-2H3,(H,33,34)/t19-/m1/s1. The summed E-state index contributed by atoms with van der Waals surface area (Å²) in [6, 6.07) is 2.60. The molecule has 10 nitrogen and oxygen atoms in total. The van der Waals surface area contributed by atoms with Crippen LogP contribution >= 0.6 is 0 Å². The number of alkyl halides is 3. The van der Waals surface area contributed by atoms with Crippen LogP contribution in [0.1, 0.15) is 12.2 Å². The molecule has 40 heavy (non-hydrogen) atoms. The lowest BCUT2D eigenvalue weighted by molar-refractivity contribution is -0.186. The predicted molar refractivity (Wildman–Crippen MR) is 133 cm³/mol. The summed E-state index contributed by atoms with van der Waals surface area (Å²) >= 11 is 0. The fraction of sp³-hybridized carbons (Fsp3) is 0.480. The Morgan fingerprint density at radius 2 is 1.98 bits per heavy atom. The number of ether oxygens (including phenoxy) is 2. The lowest BCUT2D eigenvalue weighted by Crippen LogP contribution is -2.60. The molecule has 0 unspecified atom stereocenters. The minimum atomic E-state index is -3.14. The number of nitrogens with one attached hydrogen (secondary N) is 1. The summed E-state index contributed by atoms with van der Waals surface area (Å²) < 4.78 is 86.1. The van der Waals surface area contributed by atoms with E-state index in [-0.39, 0.29) is 53.0 Å². The van der Waals surface area contributed by atoms with E-state index in [0.29, 0.717) is 31.1 Å². The van der Waals surface area contributed by atoms with Gasteiger partial charge in [-0.3, -0.25) is 9.74 Å². The second-order valence-electron chi connectivity index (χ2n) is 9.84. The summed E-state index contributed by atoms with van der Waals surface area (Å²) in [6.45, 7) is 1.71. The van der Waals surface area contributed by atoms with E-state index in [1.165, 1.54) is 17.7 Å². The molecule has 3 aromatic heterocycles. The van der Waals surface area contributed by atoms with E-state index in [0.717, 1.165) is 16.8 Å². The van der Waals surface area contributed by atoms with Crippen LogP contribution in [0.15, 0.2) is 18.3 Å². The van der Waals surface area contributed by atoms with Gasteiger partial charge in [-0.05, 0) is 31.0 Å². The van der Waals surface area contributed by atoms with E-state index in [4.69, 9.17) is 14.3 Å². The molecule has 0 bridgehead atoms. The second-order valence-corrected chi connectivity index (χ2v) is 9.84. The van der Waals surface area contributed by atoms with Crippen molar-refractivity contribution in [1.29, 1.82) is 0 Å². The van der Waals surface area contributed by atoms with Crippen LogP contribution in [0.4, 0.5) is 27.9 Å². The number of piperidine rings is 1. The third-order valence-electron chi connectivity index (χ3n) is 7.33. The average Bonchev–Trinajstić information content (AvgIpc) is 3.37. The number of rotatable bonds is 8. The third-order valence-corrected chi connectivity index (χ3v) is 7.33. The second kappa shape index (κ2) is 10.1. The van der Waals surface area contributed by atoms with Crippen LogP contribution in [0.3, 0.4) is 0 Å². The molecule has 5 heterocycles. The number of nitrogens with zero attached hydrogens (tertiary/aromatic N) is 6. The third kappa shape index (κ3) is 4.51. The molecule has 4 aromatic rings. The van der Waals surface area contributed by atoms with Crippen molar-refractivity contribution in [2.75, 3.05) is 45.6 Å². The van der Waals surface area contributed by atoms with Gasteiger partial charge in [-0.15, -0.1) is 5.10 Å². The van der Waals surface area contributed by atoms with Crippen molar-refractivity contribution in [3.8, 4) is 17.0 Å². The zero-order valence-electron chi connectivity index (χ0n) is 21.6. The van der Waals surface area contributed by atoms with Crippen LogP contribution in [0.25, 0.3) is 27.7 Å². The minimum absolute atomic E-state index is 0.0184. The molecular formula is C25H26F5N7O3. The van der Waals surface area contributed by atoms with Gasteiger partial charge in [-0.2, -0.15) is 4.98 Å². The first-order valence-electron chi connectivity index (χ1n) is 12.7. The van der Waals surface area contributed by atoms with Crippen molar-refractivity contribution >= 4 is 22.5 Å². The van der Waals surface area contributed by atoms with Crippen LogP contribution in [0.2, 0.25) is 0 Å². The fourth-order valence-electron chi connectivity index (χ4n) is 5.25. The Kier molecular flexibility index (Phi) is 6.74. The molecule has 0 saturated carbocycles. The van der Waals surface area contributed by atoms with Gasteiger partial charge in [0, 0.05) is 6.54 Å². The molecule has 2 saturated heterocycles. The highest BCUT2D eigenvalue weighted by molar-refractivity contribution is 5.90. The molecule has 1 atom stereocenters. The molecule has 2 aliphatic rings. The Labute approximate surface area is 224 Å². The van der Waals surface area contributed by atoms with Crippen LogP contribution in [-0.4, -0.2) is 87.2 Å². The van der Waals surface area contributed by atoms with Crippen molar-refractivity contribution in [3.05, 3.63) is 35.8 Å². The number of imidazole rings is 1. The van der Waals surface area contributed by atoms with E-state index in [1.807, 2.05) is 0 Å². The monoisotopic (exact) mass is 567 g/mol. The largest absolute Gasteiger partial charge is 0.479 e. The van der Waals surface area contributed by atoms with E-state index < -0.39 is 36.9 Å². The molecular weight excluding hydrogens is 541 g/mol. The van der Waals surface area contributed by atoms with Crippen molar-refractivity contribution in [3.63, 3.8) is 0 Å². The number of hydrogen-bond acceptors (Lipinski definition) is 8. The zero-order valence-corrected chi connectivity index (χ0v) is 21.6. The van der Waals surface area contributed by atoms with Crippen LogP contribution in [-0.2, 0) is 16.1 Å². The molecule has 2 aliphatic heterocycles. The number of aromatic nitrogens is 5. The maximum absolute atomic E-state index is 15.3. The topological polar surface area (TPSA) is 91.0 Å². The maximum atomic E-state index is 15.3. The molecule has 1 aromatic carbocycles. The average molecular weight is 568 g/mol. The number of likely N-dealkylation sites (tertiary alicyclic amines) is 1. The first-order chi connectivity index (χ1) is 19.2.